The van der Waals surface area contributed by atoms with E-state index in [0.717, 1.165) is 38.9 Å². The zero-order valence-electron chi connectivity index (χ0n) is 11.0. The molecule has 4 nitrogen and oxygen atoms in total. The molecule has 0 radical (unpaired) electrons. The summed E-state index contributed by atoms with van der Waals surface area (Å²) < 4.78 is 0. The summed E-state index contributed by atoms with van der Waals surface area (Å²) in [5.41, 5.74) is 0.445. The number of aliphatic carboxylic acids is 1. The average Bonchev–Trinajstić information content (AvgIpc) is 2.21. The first-order valence-corrected chi connectivity index (χ1v) is 5.79. The van der Waals surface area contributed by atoms with E-state index in [4.69, 9.17) is 5.11 Å². The fourth-order valence-corrected chi connectivity index (χ4v) is 1.23. The van der Waals surface area contributed by atoms with E-state index in [0.29, 0.717) is 5.57 Å². The number of unbranched alkanes of at least 4 members (excludes halogenated alkanes) is 2. The smallest absolute Gasteiger partial charge is 0.330 e. The molecular formula is C12H25ClN2O2. The van der Waals surface area contributed by atoms with Crippen LogP contribution >= 0.6 is 12.4 Å². The Labute approximate surface area is 110 Å². The van der Waals surface area contributed by atoms with Gasteiger partial charge in [0.25, 0.3) is 0 Å². The summed E-state index contributed by atoms with van der Waals surface area (Å²) in [6, 6.07) is 0. The zero-order valence-corrected chi connectivity index (χ0v) is 11.8. The van der Waals surface area contributed by atoms with Crippen LogP contribution in [-0.4, -0.2) is 49.7 Å². The van der Waals surface area contributed by atoms with Crippen LogP contribution in [0.5, 0.6) is 0 Å². The van der Waals surface area contributed by atoms with E-state index < -0.39 is 5.97 Å². The van der Waals surface area contributed by atoms with Gasteiger partial charge in [-0.25, -0.2) is 4.79 Å². The molecule has 17 heavy (non-hydrogen) atoms. The van der Waals surface area contributed by atoms with Crippen molar-refractivity contribution in [3.63, 3.8) is 0 Å². The molecule has 0 fully saturated rings. The van der Waals surface area contributed by atoms with Crippen molar-refractivity contribution in [2.75, 3.05) is 33.7 Å². The molecule has 0 unspecified atom stereocenters. The molecule has 2 N–H and O–H groups in total. The maximum atomic E-state index is 10.5. The van der Waals surface area contributed by atoms with E-state index in [1.165, 1.54) is 0 Å². The van der Waals surface area contributed by atoms with Crippen molar-refractivity contribution < 1.29 is 9.90 Å². The maximum absolute atomic E-state index is 10.5. The number of rotatable bonds is 9. The summed E-state index contributed by atoms with van der Waals surface area (Å²) in [7, 11) is 4.11. The SMILES string of the molecule is CC(=CCCCCNCCN(C)C)C(=O)O.Cl. The highest BCUT2D eigenvalue weighted by Gasteiger charge is 1.97. The molecule has 0 aromatic carbocycles. The van der Waals surface area contributed by atoms with Crippen LogP contribution in [0.4, 0.5) is 0 Å². The van der Waals surface area contributed by atoms with Gasteiger partial charge in [-0.05, 0) is 46.8 Å². The minimum atomic E-state index is -0.816. The molecule has 0 aromatic heterocycles. The summed E-state index contributed by atoms with van der Waals surface area (Å²) >= 11 is 0. The van der Waals surface area contributed by atoms with Crippen LogP contribution in [0.25, 0.3) is 0 Å². The van der Waals surface area contributed by atoms with Crippen molar-refractivity contribution in [3.8, 4) is 0 Å². The quantitative estimate of drug-likeness (QED) is 0.492. The summed E-state index contributed by atoms with van der Waals surface area (Å²) in [6.07, 6.45) is 4.78. The molecule has 102 valence electrons. The Morgan fingerprint density at radius 2 is 1.94 bits per heavy atom. The molecule has 0 aliphatic heterocycles. The number of nitrogens with zero attached hydrogens (tertiary/aromatic N) is 1. The first-order chi connectivity index (χ1) is 7.54. The summed E-state index contributed by atoms with van der Waals surface area (Å²) in [5, 5.41) is 12.0. The van der Waals surface area contributed by atoms with Crippen molar-refractivity contribution in [2.24, 2.45) is 0 Å². The van der Waals surface area contributed by atoms with Gasteiger partial charge in [-0.15, -0.1) is 12.4 Å². The predicted octanol–water partition coefficient (Wildman–Crippen LogP) is 1.76. The van der Waals surface area contributed by atoms with E-state index >= 15 is 0 Å². The average molecular weight is 265 g/mol. The third kappa shape index (κ3) is 13.4. The molecule has 0 saturated carbocycles. The second-order valence-electron chi connectivity index (χ2n) is 4.24. The van der Waals surface area contributed by atoms with Crippen molar-refractivity contribution in [3.05, 3.63) is 11.6 Å². The number of nitrogens with one attached hydrogen (secondary N) is 1. The fraction of sp³-hybridized carbons (Fsp3) is 0.750. The number of hydrogen-bond donors (Lipinski definition) is 2. The van der Waals surface area contributed by atoms with Gasteiger partial charge in [-0.2, -0.15) is 0 Å². The number of likely N-dealkylation sites (N-methyl/N-ethyl adjacent to an activating group) is 1. The van der Waals surface area contributed by atoms with Gasteiger partial charge < -0.3 is 15.3 Å². The molecule has 0 aliphatic carbocycles. The van der Waals surface area contributed by atoms with Crippen molar-refractivity contribution in [2.45, 2.75) is 26.2 Å². The van der Waals surface area contributed by atoms with Crippen molar-refractivity contribution in [1.82, 2.24) is 10.2 Å². The lowest BCUT2D eigenvalue weighted by Crippen LogP contribution is -2.27. The second-order valence-corrected chi connectivity index (χ2v) is 4.24. The predicted molar refractivity (Wildman–Crippen MR) is 73.9 cm³/mol. The van der Waals surface area contributed by atoms with Crippen LogP contribution in [0.1, 0.15) is 26.2 Å². The second kappa shape index (κ2) is 11.9. The van der Waals surface area contributed by atoms with Gasteiger partial charge in [0, 0.05) is 18.7 Å². The van der Waals surface area contributed by atoms with Crippen molar-refractivity contribution in [1.29, 1.82) is 0 Å². The number of carboxylic acids is 1. The van der Waals surface area contributed by atoms with Gasteiger partial charge in [0.2, 0.25) is 0 Å². The van der Waals surface area contributed by atoms with Crippen LogP contribution in [0.3, 0.4) is 0 Å². The minimum Gasteiger partial charge on any atom is -0.478 e. The molecule has 0 spiro atoms. The summed E-state index contributed by atoms with van der Waals surface area (Å²) in [4.78, 5) is 12.6. The molecule has 0 aromatic rings. The molecular weight excluding hydrogens is 240 g/mol. The largest absolute Gasteiger partial charge is 0.478 e. The minimum absolute atomic E-state index is 0. The van der Waals surface area contributed by atoms with Crippen LogP contribution in [-0.2, 0) is 4.79 Å². The number of allylic oxidation sites excluding steroid dienone is 1. The zero-order chi connectivity index (χ0) is 12.4. The lowest BCUT2D eigenvalue weighted by molar-refractivity contribution is -0.132. The maximum Gasteiger partial charge on any atom is 0.330 e. The van der Waals surface area contributed by atoms with Crippen LogP contribution < -0.4 is 5.32 Å². The van der Waals surface area contributed by atoms with Gasteiger partial charge in [-0.3, -0.25) is 0 Å². The third-order valence-corrected chi connectivity index (χ3v) is 2.33. The first-order valence-electron chi connectivity index (χ1n) is 5.79. The Kier molecular flexibility index (Phi) is 13.1. The Hall–Kier alpha value is -0.580. The molecule has 0 bridgehead atoms. The van der Waals surface area contributed by atoms with Gasteiger partial charge in [0.05, 0.1) is 0 Å². The van der Waals surface area contributed by atoms with Gasteiger partial charge in [-0.1, -0.05) is 6.08 Å². The fourth-order valence-electron chi connectivity index (χ4n) is 1.23. The number of hydrogen-bond acceptors (Lipinski definition) is 3. The Morgan fingerprint density at radius 3 is 2.47 bits per heavy atom. The molecule has 0 rings (SSSR count). The Bertz CT molecular complexity index is 231. The Balaban J connectivity index is 0. The van der Waals surface area contributed by atoms with E-state index in [2.05, 4.69) is 24.3 Å². The number of carbonyl (C=O) groups is 1. The molecule has 0 heterocycles. The van der Waals surface area contributed by atoms with E-state index in [9.17, 15) is 4.79 Å². The van der Waals surface area contributed by atoms with Crippen LogP contribution in [0.15, 0.2) is 11.6 Å². The molecule has 0 atom stereocenters. The highest BCUT2D eigenvalue weighted by atomic mass is 35.5. The molecule has 0 amide bonds. The highest BCUT2D eigenvalue weighted by Crippen LogP contribution is 2.00. The first kappa shape index (κ1) is 18.8. The van der Waals surface area contributed by atoms with Gasteiger partial charge >= 0.3 is 5.97 Å². The van der Waals surface area contributed by atoms with E-state index in [1.807, 2.05) is 0 Å². The van der Waals surface area contributed by atoms with E-state index in [1.54, 1.807) is 13.0 Å². The number of halogens is 1. The van der Waals surface area contributed by atoms with Crippen LogP contribution in [0, 0.1) is 0 Å². The Morgan fingerprint density at radius 1 is 1.29 bits per heavy atom. The van der Waals surface area contributed by atoms with Crippen molar-refractivity contribution >= 4 is 18.4 Å². The van der Waals surface area contributed by atoms with Gasteiger partial charge in [0.1, 0.15) is 0 Å². The monoisotopic (exact) mass is 264 g/mol. The summed E-state index contributed by atoms with van der Waals surface area (Å²) in [6.45, 7) is 4.71. The highest BCUT2D eigenvalue weighted by molar-refractivity contribution is 5.85. The lowest BCUT2D eigenvalue weighted by Gasteiger charge is -2.09. The third-order valence-electron chi connectivity index (χ3n) is 2.33. The van der Waals surface area contributed by atoms with Gasteiger partial charge in [0.15, 0.2) is 0 Å². The summed E-state index contributed by atoms with van der Waals surface area (Å²) in [5.74, 6) is -0.816. The molecule has 0 aliphatic rings. The number of carboxylic acid groups (broad SMARTS) is 1. The lowest BCUT2D eigenvalue weighted by atomic mass is 10.2. The molecule has 5 heteroatoms. The topological polar surface area (TPSA) is 52.6 Å². The van der Waals surface area contributed by atoms with E-state index in [-0.39, 0.29) is 12.4 Å². The normalized spacial score (nSPS) is 11.4. The van der Waals surface area contributed by atoms with Crippen LogP contribution in [0.2, 0.25) is 0 Å². The molecule has 0 saturated heterocycles. The standard InChI is InChI=1S/C12H24N2O2.ClH/c1-11(12(15)16)7-5-4-6-8-13-9-10-14(2)3;/h7,13H,4-6,8-10H2,1-3H3,(H,15,16);1H.